The molecule has 0 fully saturated rings. The van der Waals surface area contributed by atoms with E-state index in [9.17, 15) is 10.1 Å². The Balaban J connectivity index is 2.16. The lowest BCUT2D eigenvalue weighted by Gasteiger charge is -2.12. The van der Waals surface area contributed by atoms with Gasteiger partial charge in [0, 0.05) is 17.8 Å². The fourth-order valence-corrected chi connectivity index (χ4v) is 1.90. The molecule has 0 aliphatic rings. The minimum Gasteiger partial charge on any atom is -0.491 e. The molecule has 2 aromatic rings. The molecular weight excluding hydrogens is 272 g/mol. The van der Waals surface area contributed by atoms with E-state index in [-0.39, 0.29) is 11.8 Å². The van der Waals surface area contributed by atoms with Gasteiger partial charge >= 0.3 is 0 Å². The highest BCUT2D eigenvalue weighted by Gasteiger charge is 2.12. The van der Waals surface area contributed by atoms with Crippen LogP contribution in [-0.4, -0.2) is 11.0 Å². The van der Waals surface area contributed by atoms with Gasteiger partial charge in [-0.15, -0.1) is 0 Å². The van der Waals surface area contributed by atoms with Gasteiger partial charge in [0.05, 0.1) is 23.6 Å². The number of rotatable bonds is 6. The standard InChI is InChI=1S/C15H18N2O4/c1-10(2)20-15-7-12(6-13(8-15)17(18)19)16-9-14-5-4-11(3)21-14/h4-8,10,16H,9H2,1-3H3. The summed E-state index contributed by atoms with van der Waals surface area (Å²) in [5.74, 6) is 2.07. The Morgan fingerprint density at radius 1 is 1.33 bits per heavy atom. The Labute approximate surface area is 122 Å². The molecule has 0 atom stereocenters. The van der Waals surface area contributed by atoms with Crippen LogP contribution in [0.4, 0.5) is 11.4 Å². The van der Waals surface area contributed by atoms with Gasteiger partial charge < -0.3 is 14.5 Å². The van der Waals surface area contributed by atoms with E-state index in [1.165, 1.54) is 12.1 Å². The molecule has 21 heavy (non-hydrogen) atoms. The second-order valence-corrected chi connectivity index (χ2v) is 5.01. The lowest BCUT2D eigenvalue weighted by molar-refractivity contribution is -0.384. The molecule has 6 nitrogen and oxygen atoms in total. The molecular formula is C15H18N2O4. The number of nitrogens with zero attached hydrogens (tertiary/aromatic N) is 1. The van der Waals surface area contributed by atoms with Gasteiger partial charge in [-0.2, -0.15) is 0 Å². The zero-order valence-electron chi connectivity index (χ0n) is 12.3. The number of aryl methyl sites for hydroxylation is 1. The summed E-state index contributed by atoms with van der Waals surface area (Å²) < 4.78 is 11.0. The van der Waals surface area contributed by atoms with Crippen LogP contribution in [0.25, 0.3) is 0 Å². The van der Waals surface area contributed by atoms with E-state index in [1.807, 2.05) is 32.9 Å². The van der Waals surface area contributed by atoms with E-state index in [0.29, 0.717) is 18.0 Å². The molecule has 0 bridgehead atoms. The summed E-state index contributed by atoms with van der Waals surface area (Å²) in [5, 5.41) is 14.1. The van der Waals surface area contributed by atoms with Gasteiger partial charge in [0.15, 0.2) is 0 Å². The van der Waals surface area contributed by atoms with Crippen molar-refractivity contribution in [3.63, 3.8) is 0 Å². The van der Waals surface area contributed by atoms with Crippen molar-refractivity contribution >= 4 is 11.4 Å². The Morgan fingerprint density at radius 3 is 2.67 bits per heavy atom. The number of non-ortho nitro benzene ring substituents is 1. The summed E-state index contributed by atoms with van der Waals surface area (Å²) in [6.07, 6.45) is -0.0485. The zero-order chi connectivity index (χ0) is 15.4. The summed E-state index contributed by atoms with van der Waals surface area (Å²) in [6.45, 7) is 6.07. The fraction of sp³-hybridized carbons (Fsp3) is 0.333. The first kappa shape index (κ1) is 14.9. The molecule has 1 aromatic heterocycles. The van der Waals surface area contributed by atoms with Gasteiger partial charge in [0.25, 0.3) is 5.69 Å². The highest BCUT2D eigenvalue weighted by molar-refractivity contribution is 5.56. The lowest BCUT2D eigenvalue weighted by atomic mass is 10.2. The van der Waals surface area contributed by atoms with Crippen LogP contribution in [0, 0.1) is 17.0 Å². The van der Waals surface area contributed by atoms with Gasteiger partial charge in [0.1, 0.15) is 17.3 Å². The van der Waals surface area contributed by atoms with Crippen molar-refractivity contribution in [1.82, 2.24) is 0 Å². The third-order valence-corrected chi connectivity index (χ3v) is 2.74. The molecule has 6 heteroatoms. The van der Waals surface area contributed by atoms with Crippen LogP contribution < -0.4 is 10.1 Å². The highest BCUT2D eigenvalue weighted by Crippen LogP contribution is 2.27. The number of ether oxygens (including phenoxy) is 1. The SMILES string of the molecule is Cc1ccc(CNc2cc(OC(C)C)cc([N+](=O)[O-])c2)o1. The Hall–Kier alpha value is -2.50. The van der Waals surface area contributed by atoms with Gasteiger partial charge in [-0.3, -0.25) is 10.1 Å². The third kappa shape index (κ3) is 4.24. The second-order valence-electron chi connectivity index (χ2n) is 5.01. The fourth-order valence-electron chi connectivity index (χ4n) is 1.90. The first-order valence-electron chi connectivity index (χ1n) is 6.69. The Kier molecular flexibility index (Phi) is 4.47. The number of hydrogen-bond donors (Lipinski definition) is 1. The predicted molar refractivity (Wildman–Crippen MR) is 79.6 cm³/mol. The van der Waals surface area contributed by atoms with E-state index >= 15 is 0 Å². The van der Waals surface area contributed by atoms with Gasteiger partial charge in [0.2, 0.25) is 0 Å². The summed E-state index contributed by atoms with van der Waals surface area (Å²) in [5.41, 5.74) is 0.611. The van der Waals surface area contributed by atoms with E-state index in [0.717, 1.165) is 11.5 Å². The van der Waals surface area contributed by atoms with Crippen molar-refractivity contribution in [2.45, 2.75) is 33.4 Å². The molecule has 0 amide bonds. The van der Waals surface area contributed by atoms with E-state index < -0.39 is 4.92 Å². The van der Waals surface area contributed by atoms with Crippen molar-refractivity contribution in [1.29, 1.82) is 0 Å². The average molecular weight is 290 g/mol. The molecule has 0 saturated heterocycles. The number of nitro groups is 1. The summed E-state index contributed by atoms with van der Waals surface area (Å²) >= 11 is 0. The lowest BCUT2D eigenvalue weighted by Crippen LogP contribution is -2.07. The third-order valence-electron chi connectivity index (χ3n) is 2.74. The molecule has 0 unspecified atom stereocenters. The average Bonchev–Trinajstić information content (AvgIpc) is 2.81. The van der Waals surface area contributed by atoms with Crippen LogP contribution in [0.2, 0.25) is 0 Å². The molecule has 0 radical (unpaired) electrons. The topological polar surface area (TPSA) is 77.5 Å². The second kappa shape index (κ2) is 6.30. The molecule has 0 spiro atoms. The zero-order valence-corrected chi connectivity index (χ0v) is 12.3. The predicted octanol–water partition coefficient (Wildman–Crippen LogP) is 3.90. The monoisotopic (exact) mass is 290 g/mol. The maximum atomic E-state index is 11.0. The molecule has 0 aliphatic heterocycles. The number of nitro benzene ring substituents is 1. The van der Waals surface area contributed by atoms with E-state index in [1.54, 1.807) is 6.07 Å². The van der Waals surface area contributed by atoms with Crippen molar-refractivity contribution in [3.8, 4) is 5.75 Å². The number of benzene rings is 1. The van der Waals surface area contributed by atoms with Crippen LogP contribution in [-0.2, 0) is 6.54 Å². The number of furan rings is 1. The minimum absolute atomic E-state index is 0.00808. The van der Waals surface area contributed by atoms with Gasteiger partial charge in [-0.05, 0) is 32.9 Å². The first-order valence-corrected chi connectivity index (χ1v) is 6.69. The van der Waals surface area contributed by atoms with Gasteiger partial charge in [-0.1, -0.05) is 0 Å². The first-order chi connectivity index (χ1) is 9.94. The number of hydrogen-bond acceptors (Lipinski definition) is 5. The summed E-state index contributed by atoms with van der Waals surface area (Å²) in [7, 11) is 0. The van der Waals surface area contributed by atoms with Crippen molar-refractivity contribution in [2.75, 3.05) is 5.32 Å². The van der Waals surface area contributed by atoms with Crippen LogP contribution in [0.15, 0.2) is 34.7 Å². The summed E-state index contributed by atoms with van der Waals surface area (Å²) in [4.78, 5) is 10.5. The summed E-state index contributed by atoms with van der Waals surface area (Å²) in [6, 6.07) is 8.37. The molecule has 1 heterocycles. The molecule has 1 aromatic carbocycles. The van der Waals surface area contributed by atoms with Crippen molar-refractivity contribution < 1.29 is 14.1 Å². The van der Waals surface area contributed by atoms with Gasteiger partial charge in [-0.25, -0.2) is 0 Å². The maximum absolute atomic E-state index is 11.0. The highest BCUT2D eigenvalue weighted by atomic mass is 16.6. The van der Waals surface area contributed by atoms with Crippen LogP contribution in [0.3, 0.4) is 0 Å². The maximum Gasteiger partial charge on any atom is 0.275 e. The molecule has 112 valence electrons. The molecule has 0 saturated carbocycles. The molecule has 0 aliphatic carbocycles. The van der Waals surface area contributed by atoms with Crippen LogP contribution >= 0.6 is 0 Å². The number of anilines is 1. The van der Waals surface area contributed by atoms with Crippen LogP contribution in [0.5, 0.6) is 5.75 Å². The van der Waals surface area contributed by atoms with Crippen molar-refractivity contribution in [2.24, 2.45) is 0 Å². The molecule has 1 N–H and O–H groups in total. The molecule has 2 rings (SSSR count). The van der Waals surface area contributed by atoms with E-state index in [2.05, 4.69) is 5.32 Å². The number of nitrogens with one attached hydrogen (secondary N) is 1. The van der Waals surface area contributed by atoms with Crippen molar-refractivity contribution in [3.05, 3.63) is 52.0 Å². The largest absolute Gasteiger partial charge is 0.491 e. The minimum atomic E-state index is -0.435. The smallest absolute Gasteiger partial charge is 0.275 e. The quantitative estimate of drug-likeness (QED) is 0.645. The normalized spacial score (nSPS) is 10.7. The van der Waals surface area contributed by atoms with E-state index in [4.69, 9.17) is 9.15 Å². The van der Waals surface area contributed by atoms with Crippen LogP contribution in [0.1, 0.15) is 25.4 Å². The Morgan fingerprint density at radius 2 is 2.10 bits per heavy atom. The Bertz CT molecular complexity index is 634.